The van der Waals surface area contributed by atoms with Crippen molar-refractivity contribution < 1.29 is 8.42 Å². The van der Waals surface area contributed by atoms with Crippen LogP contribution in [0.1, 0.15) is 0 Å². The average Bonchev–Trinajstić information content (AvgIpc) is 2.55. The molecule has 0 aromatic carbocycles. The molecule has 80 valence electrons. The summed E-state index contributed by atoms with van der Waals surface area (Å²) in [7, 11) is -2.27. The molecule has 0 aliphatic heterocycles. The van der Waals surface area contributed by atoms with Gasteiger partial charge in [0.2, 0.25) is 4.77 Å². The van der Waals surface area contributed by atoms with Crippen molar-refractivity contribution in [2.45, 2.75) is 5.16 Å². The summed E-state index contributed by atoms with van der Waals surface area (Å²) in [6, 6.07) is 0. The first-order valence-electron chi connectivity index (χ1n) is 3.71. The SMILES string of the molecule is Cn1cnc2nc(S(N)(=O)=O)nn2c1=S. The number of hydrogen-bond donors (Lipinski definition) is 1. The first-order valence-corrected chi connectivity index (χ1v) is 5.66. The standard InChI is InChI=1S/C5H6N6O2S2/c1-10-2-7-3-8-4(15(6,12)13)9-11(3)5(10)14/h2H,1H3,(H2,6,12,13). The minimum Gasteiger partial charge on any atom is -0.311 e. The maximum atomic E-state index is 11.0. The molecule has 10 heteroatoms. The van der Waals surface area contributed by atoms with Gasteiger partial charge in [-0.2, -0.15) is 9.50 Å². The summed E-state index contributed by atoms with van der Waals surface area (Å²) < 4.78 is 24.9. The Bertz CT molecular complexity index is 683. The van der Waals surface area contributed by atoms with E-state index in [1.54, 1.807) is 7.05 Å². The molecule has 2 rings (SSSR count). The first-order chi connectivity index (χ1) is 6.89. The number of sulfonamides is 1. The largest absolute Gasteiger partial charge is 0.311 e. The van der Waals surface area contributed by atoms with E-state index in [0.29, 0.717) is 0 Å². The second-order valence-corrected chi connectivity index (χ2v) is 4.61. The summed E-state index contributed by atoms with van der Waals surface area (Å²) in [5.74, 6) is 0.0992. The number of nitrogens with two attached hydrogens (primary N) is 1. The monoisotopic (exact) mass is 246 g/mol. The van der Waals surface area contributed by atoms with Gasteiger partial charge in [-0.15, -0.1) is 5.10 Å². The summed E-state index contributed by atoms with van der Waals surface area (Å²) in [5, 5.41) is 8.03. The number of hydrogen-bond acceptors (Lipinski definition) is 6. The Morgan fingerprint density at radius 1 is 1.53 bits per heavy atom. The lowest BCUT2D eigenvalue weighted by atomic mass is 10.9. The van der Waals surface area contributed by atoms with Crippen LogP contribution in [0.5, 0.6) is 0 Å². The number of aromatic nitrogens is 5. The van der Waals surface area contributed by atoms with E-state index in [4.69, 9.17) is 17.4 Å². The van der Waals surface area contributed by atoms with Gasteiger partial charge in [0.25, 0.3) is 21.0 Å². The Balaban J connectivity index is 2.89. The Morgan fingerprint density at radius 3 is 2.80 bits per heavy atom. The molecule has 0 aliphatic carbocycles. The molecule has 0 saturated carbocycles. The zero-order valence-corrected chi connectivity index (χ0v) is 9.16. The van der Waals surface area contributed by atoms with Crippen LogP contribution in [0.25, 0.3) is 5.78 Å². The van der Waals surface area contributed by atoms with Crippen LogP contribution in [-0.2, 0) is 17.1 Å². The van der Waals surface area contributed by atoms with Crippen molar-refractivity contribution in [1.29, 1.82) is 0 Å². The summed E-state index contributed by atoms with van der Waals surface area (Å²) >= 11 is 4.98. The van der Waals surface area contributed by atoms with E-state index in [-0.39, 0.29) is 10.5 Å². The first kappa shape index (κ1) is 10.1. The zero-order valence-electron chi connectivity index (χ0n) is 7.52. The van der Waals surface area contributed by atoms with Crippen molar-refractivity contribution in [2.24, 2.45) is 12.2 Å². The molecule has 0 spiro atoms. The van der Waals surface area contributed by atoms with Crippen molar-refractivity contribution in [3.63, 3.8) is 0 Å². The highest BCUT2D eigenvalue weighted by atomic mass is 32.2. The maximum absolute atomic E-state index is 11.0. The molecule has 0 atom stereocenters. The Kier molecular flexibility index (Phi) is 2.06. The molecule has 8 nitrogen and oxygen atoms in total. The molecule has 0 saturated heterocycles. The fourth-order valence-corrected chi connectivity index (χ4v) is 1.53. The summed E-state index contributed by atoms with van der Waals surface area (Å²) in [6.07, 6.45) is 1.42. The Morgan fingerprint density at radius 2 is 2.20 bits per heavy atom. The highest BCUT2D eigenvalue weighted by Crippen LogP contribution is 2.02. The van der Waals surface area contributed by atoms with E-state index in [1.165, 1.54) is 10.9 Å². The normalized spacial score (nSPS) is 12.1. The maximum Gasteiger partial charge on any atom is 0.284 e. The van der Waals surface area contributed by atoms with Crippen molar-refractivity contribution in [1.82, 2.24) is 24.1 Å². The third kappa shape index (κ3) is 1.62. The molecule has 0 radical (unpaired) electrons. The van der Waals surface area contributed by atoms with E-state index in [1.807, 2.05) is 0 Å². The zero-order chi connectivity index (χ0) is 11.2. The highest BCUT2D eigenvalue weighted by Gasteiger charge is 2.16. The van der Waals surface area contributed by atoms with Crippen LogP contribution in [0.2, 0.25) is 0 Å². The van der Waals surface area contributed by atoms with Crippen LogP contribution in [-0.4, -0.2) is 32.6 Å². The van der Waals surface area contributed by atoms with E-state index in [2.05, 4.69) is 15.1 Å². The lowest BCUT2D eigenvalue weighted by Crippen LogP contribution is -2.14. The van der Waals surface area contributed by atoms with Gasteiger partial charge >= 0.3 is 0 Å². The predicted molar refractivity (Wildman–Crippen MR) is 52.0 cm³/mol. The molecule has 0 amide bonds. The van der Waals surface area contributed by atoms with Gasteiger partial charge in [0.05, 0.1) is 0 Å². The fraction of sp³-hybridized carbons (Fsp3) is 0.200. The van der Waals surface area contributed by atoms with E-state index in [9.17, 15) is 8.42 Å². The smallest absolute Gasteiger partial charge is 0.284 e. The van der Waals surface area contributed by atoms with Crippen LogP contribution in [0, 0.1) is 4.77 Å². The van der Waals surface area contributed by atoms with Crippen molar-refractivity contribution in [3.05, 3.63) is 11.1 Å². The van der Waals surface area contributed by atoms with Gasteiger partial charge in [-0.1, -0.05) is 0 Å². The highest BCUT2D eigenvalue weighted by molar-refractivity contribution is 7.89. The van der Waals surface area contributed by atoms with Crippen LogP contribution < -0.4 is 5.14 Å². The van der Waals surface area contributed by atoms with Crippen molar-refractivity contribution in [3.8, 4) is 0 Å². The van der Waals surface area contributed by atoms with Crippen molar-refractivity contribution >= 4 is 28.0 Å². The quantitative estimate of drug-likeness (QED) is 0.636. The third-order valence-corrected chi connectivity index (χ3v) is 2.80. The molecular formula is C5H6N6O2S2. The molecule has 0 aliphatic rings. The topological polar surface area (TPSA) is 108 Å². The number of nitrogens with zero attached hydrogens (tertiary/aromatic N) is 5. The average molecular weight is 246 g/mol. The molecule has 0 unspecified atom stereocenters. The predicted octanol–water partition coefficient (Wildman–Crippen LogP) is -1.16. The minimum atomic E-state index is -3.93. The molecular weight excluding hydrogens is 240 g/mol. The van der Waals surface area contributed by atoms with Crippen LogP contribution in [0.3, 0.4) is 0 Å². The lowest BCUT2D eigenvalue weighted by molar-refractivity contribution is 0.588. The summed E-state index contributed by atoms with van der Waals surface area (Å²) in [5.41, 5.74) is 0. The Labute approximate surface area is 89.4 Å². The van der Waals surface area contributed by atoms with Gasteiger partial charge in [0, 0.05) is 7.05 Å². The second-order valence-electron chi connectivity index (χ2n) is 2.79. The number of aryl methyl sites for hydroxylation is 1. The van der Waals surface area contributed by atoms with Crippen molar-refractivity contribution in [2.75, 3.05) is 0 Å². The van der Waals surface area contributed by atoms with Crippen LogP contribution in [0.15, 0.2) is 11.5 Å². The minimum absolute atomic E-state index is 0.0992. The van der Waals surface area contributed by atoms with Gasteiger partial charge in [-0.25, -0.2) is 18.5 Å². The van der Waals surface area contributed by atoms with E-state index < -0.39 is 15.2 Å². The third-order valence-electron chi connectivity index (χ3n) is 1.65. The van der Waals surface area contributed by atoms with Gasteiger partial charge in [-0.3, -0.25) is 0 Å². The number of fused-ring (bicyclic) bond motifs is 1. The molecule has 0 fully saturated rings. The lowest BCUT2D eigenvalue weighted by Gasteiger charge is -1.96. The Hall–Kier alpha value is -1.39. The summed E-state index contributed by atoms with van der Waals surface area (Å²) in [6.45, 7) is 0. The summed E-state index contributed by atoms with van der Waals surface area (Å²) in [4.78, 5) is 7.48. The van der Waals surface area contributed by atoms with E-state index in [0.717, 1.165) is 4.52 Å². The molecule has 15 heavy (non-hydrogen) atoms. The van der Waals surface area contributed by atoms with Gasteiger partial charge < -0.3 is 4.57 Å². The number of primary sulfonamides is 1. The molecule has 2 aromatic heterocycles. The molecule has 2 N–H and O–H groups in total. The van der Waals surface area contributed by atoms with E-state index >= 15 is 0 Å². The van der Waals surface area contributed by atoms with Gasteiger partial charge in [0.15, 0.2) is 0 Å². The van der Waals surface area contributed by atoms with Crippen LogP contribution in [0.4, 0.5) is 0 Å². The molecule has 2 aromatic rings. The number of rotatable bonds is 1. The van der Waals surface area contributed by atoms with Crippen LogP contribution >= 0.6 is 12.2 Å². The second kappa shape index (κ2) is 3.05. The molecule has 2 heterocycles. The van der Waals surface area contributed by atoms with Gasteiger partial charge in [0.1, 0.15) is 6.33 Å². The fourth-order valence-electron chi connectivity index (χ4n) is 0.955. The van der Waals surface area contributed by atoms with Gasteiger partial charge in [-0.05, 0) is 12.2 Å². The molecule has 0 bridgehead atoms.